The fourth-order valence-corrected chi connectivity index (χ4v) is 11.6. The van der Waals surface area contributed by atoms with Crippen molar-refractivity contribution in [2.45, 2.75) is 76.5 Å². The standard InChI is InChI=1S/C37H45NOSi/c1-5-37(28-31-18-10-6-11-19-31)27-26-33(38(37)29-32-20-12-7-13-21-32)30-39-40(36(2,3)4,34-22-14-8-15-23-34)35-24-16-9-17-25-35/h6-25,33H,5,26-30H2,1-4H3/t33-,37-/m1/s1. The number of hydrogen-bond donors (Lipinski definition) is 0. The SMILES string of the molecule is CC[C@]1(Cc2ccccc2)CC[C@H](CO[Si](c2ccccc2)(c2ccccc2)C(C)(C)C)N1Cc1ccccc1. The van der Waals surface area contributed by atoms with E-state index in [4.69, 9.17) is 4.43 Å². The predicted molar refractivity (Wildman–Crippen MR) is 172 cm³/mol. The number of hydrogen-bond acceptors (Lipinski definition) is 2. The number of benzene rings is 4. The largest absolute Gasteiger partial charge is 0.406 e. The highest BCUT2D eigenvalue weighted by molar-refractivity contribution is 6.99. The molecule has 2 nitrogen and oxygen atoms in total. The molecule has 0 unspecified atom stereocenters. The maximum atomic E-state index is 7.50. The molecule has 0 saturated carbocycles. The van der Waals surface area contributed by atoms with Crippen LogP contribution in [0.1, 0.15) is 58.1 Å². The Labute approximate surface area is 243 Å². The number of rotatable bonds is 10. The van der Waals surface area contributed by atoms with Gasteiger partial charge in [0.2, 0.25) is 0 Å². The first kappa shape index (κ1) is 28.5. The van der Waals surface area contributed by atoms with Crippen molar-refractivity contribution in [2.24, 2.45) is 0 Å². The Balaban J connectivity index is 1.52. The monoisotopic (exact) mass is 547 g/mol. The fourth-order valence-electron chi connectivity index (χ4n) is 7.03. The van der Waals surface area contributed by atoms with Gasteiger partial charge in [0.25, 0.3) is 8.32 Å². The molecule has 1 fully saturated rings. The summed E-state index contributed by atoms with van der Waals surface area (Å²) in [7, 11) is -2.60. The van der Waals surface area contributed by atoms with Crippen LogP contribution in [-0.4, -0.2) is 31.4 Å². The number of likely N-dealkylation sites (tertiary alicyclic amines) is 1. The van der Waals surface area contributed by atoms with Gasteiger partial charge in [-0.05, 0) is 52.2 Å². The molecule has 0 amide bonds. The van der Waals surface area contributed by atoms with Crippen molar-refractivity contribution in [1.82, 2.24) is 4.90 Å². The molecular weight excluding hydrogens is 502 g/mol. The molecule has 1 saturated heterocycles. The maximum Gasteiger partial charge on any atom is 0.261 e. The molecule has 0 aliphatic carbocycles. The second-order valence-electron chi connectivity index (χ2n) is 12.5. The highest BCUT2D eigenvalue weighted by Gasteiger charge is 2.52. The topological polar surface area (TPSA) is 12.5 Å². The van der Waals surface area contributed by atoms with Crippen molar-refractivity contribution in [2.75, 3.05) is 6.61 Å². The number of nitrogens with zero attached hydrogens (tertiary/aromatic N) is 1. The van der Waals surface area contributed by atoms with Crippen molar-refractivity contribution in [3.05, 3.63) is 132 Å². The van der Waals surface area contributed by atoms with Crippen molar-refractivity contribution in [3.8, 4) is 0 Å². The fraction of sp³-hybridized carbons (Fsp3) is 0.351. The van der Waals surface area contributed by atoms with Gasteiger partial charge >= 0.3 is 0 Å². The molecule has 0 N–H and O–H groups in total. The third-order valence-corrected chi connectivity index (χ3v) is 14.1. The molecule has 2 atom stereocenters. The zero-order valence-corrected chi connectivity index (χ0v) is 25.7. The van der Waals surface area contributed by atoms with Crippen LogP contribution in [0, 0.1) is 0 Å². The summed E-state index contributed by atoms with van der Waals surface area (Å²) in [5.74, 6) is 0. The Morgan fingerprint density at radius 2 is 1.20 bits per heavy atom. The molecule has 5 rings (SSSR count). The molecule has 3 heteroatoms. The van der Waals surface area contributed by atoms with E-state index in [2.05, 4.69) is 154 Å². The van der Waals surface area contributed by atoms with E-state index in [9.17, 15) is 0 Å². The van der Waals surface area contributed by atoms with E-state index in [-0.39, 0.29) is 10.6 Å². The van der Waals surface area contributed by atoms with Gasteiger partial charge in [-0.15, -0.1) is 0 Å². The van der Waals surface area contributed by atoms with Gasteiger partial charge < -0.3 is 4.43 Å². The Hall–Kier alpha value is -2.98. The van der Waals surface area contributed by atoms with Gasteiger partial charge in [0, 0.05) is 18.1 Å². The van der Waals surface area contributed by atoms with Crippen LogP contribution in [-0.2, 0) is 17.4 Å². The average molecular weight is 548 g/mol. The Morgan fingerprint density at radius 1 is 0.725 bits per heavy atom. The summed E-state index contributed by atoms with van der Waals surface area (Å²) in [4.78, 5) is 2.81. The zero-order valence-electron chi connectivity index (χ0n) is 24.7. The predicted octanol–water partition coefficient (Wildman–Crippen LogP) is 7.62. The highest BCUT2D eigenvalue weighted by atomic mass is 28.4. The quantitative estimate of drug-likeness (QED) is 0.189. The van der Waals surface area contributed by atoms with Gasteiger partial charge in [0.05, 0.1) is 6.61 Å². The zero-order chi connectivity index (χ0) is 28.1. The Bertz CT molecular complexity index is 1280. The summed E-state index contributed by atoms with van der Waals surface area (Å²) in [6, 6.07) is 44.6. The molecule has 0 spiro atoms. The minimum absolute atomic E-state index is 0.0234. The summed E-state index contributed by atoms with van der Waals surface area (Å²) in [6.07, 6.45) is 4.56. The lowest BCUT2D eigenvalue weighted by molar-refractivity contribution is 0.0602. The van der Waals surface area contributed by atoms with Gasteiger partial charge in [-0.1, -0.05) is 149 Å². The van der Waals surface area contributed by atoms with E-state index in [1.807, 2.05) is 0 Å². The smallest absolute Gasteiger partial charge is 0.261 e. The molecule has 0 aromatic heterocycles. The lowest BCUT2D eigenvalue weighted by atomic mass is 9.85. The first-order valence-electron chi connectivity index (χ1n) is 15.0. The van der Waals surface area contributed by atoms with Crippen LogP contribution in [0.2, 0.25) is 5.04 Å². The van der Waals surface area contributed by atoms with E-state index in [1.165, 1.54) is 27.9 Å². The first-order chi connectivity index (χ1) is 19.4. The second kappa shape index (κ2) is 12.3. The molecule has 1 heterocycles. The summed E-state index contributed by atoms with van der Waals surface area (Å²) in [5.41, 5.74) is 2.93. The second-order valence-corrected chi connectivity index (χ2v) is 16.8. The summed E-state index contributed by atoms with van der Waals surface area (Å²) >= 11 is 0. The average Bonchev–Trinajstić information content (AvgIpc) is 3.31. The third-order valence-electron chi connectivity index (χ3n) is 9.13. The molecule has 1 aliphatic rings. The summed E-state index contributed by atoms with van der Waals surface area (Å²) in [5, 5.41) is 2.68. The van der Waals surface area contributed by atoms with Gasteiger partial charge in [0.1, 0.15) is 0 Å². The van der Waals surface area contributed by atoms with Crippen LogP contribution in [0.15, 0.2) is 121 Å². The van der Waals surface area contributed by atoms with E-state index in [1.54, 1.807) is 0 Å². The molecule has 40 heavy (non-hydrogen) atoms. The van der Waals surface area contributed by atoms with Crippen molar-refractivity contribution in [1.29, 1.82) is 0 Å². The molecule has 0 bridgehead atoms. The molecule has 4 aromatic rings. The minimum atomic E-state index is -2.60. The van der Waals surface area contributed by atoms with Crippen LogP contribution < -0.4 is 10.4 Å². The van der Waals surface area contributed by atoms with Gasteiger partial charge in [-0.2, -0.15) is 0 Å². The van der Waals surface area contributed by atoms with Crippen LogP contribution in [0.3, 0.4) is 0 Å². The Kier molecular flexibility index (Phi) is 8.75. The van der Waals surface area contributed by atoms with Crippen LogP contribution in [0.5, 0.6) is 0 Å². The molecule has 0 radical (unpaired) electrons. The van der Waals surface area contributed by atoms with E-state index >= 15 is 0 Å². The van der Waals surface area contributed by atoms with Gasteiger partial charge in [-0.3, -0.25) is 4.90 Å². The maximum absolute atomic E-state index is 7.50. The normalized spacial score (nSPS) is 20.1. The highest BCUT2D eigenvalue weighted by Crippen LogP contribution is 2.42. The minimum Gasteiger partial charge on any atom is -0.406 e. The van der Waals surface area contributed by atoms with E-state index in [0.29, 0.717) is 6.04 Å². The van der Waals surface area contributed by atoms with Crippen molar-refractivity contribution < 1.29 is 4.43 Å². The molecule has 208 valence electrons. The van der Waals surface area contributed by atoms with E-state index < -0.39 is 8.32 Å². The van der Waals surface area contributed by atoms with Crippen molar-refractivity contribution >= 4 is 18.7 Å². The lowest BCUT2D eigenvalue weighted by Crippen LogP contribution is -2.67. The third kappa shape index (κ3) is 5.74. The van der Waals surface area contributed by atoms with Gasteiger partial charge in [-0.25, -0.2) is 0 Å². The van der Waals surface area contributed by atoms with Crippen molar-refractivity contribution in [3.63, 3.8) is 0 Å². The Morgan fingerprint density at radius 3 is 1.68 bits per heavy atom. The van der Waals surface area contributed by atoms with Crippen LogP contribution in [0.4, 0.5) is 0 Å². The lowest BCUT2D eigenvalue weighted by Gasteiger charge is -2.45. The van der Waals surface area contributed by atoms with E-state index in [0.717, 1.165) is 32.4 Å². The molecule has 4 aromatic carbocycles. The van der Waals surface area contributed by atoms with Gasteiger partial charge in [0.15, 0.2) is 0 Å². The summed E-state index contributed by atoms with van der Waals surface area (Å²) in [6.45, 7) is 11.2. The molecular formula is C37H45NOSi. The van der Waals surface area contributed by atoms with Crippen LogP contribution in [0.25, 0.3) is 0 Å². The van der Waals surface area contributed by atoms with Crippen LogP contribution >= 0.6 is 0 Å². The molecule has 1 aliphatic heterocycles. The summed E-state index contributed by atoms with van der Waals surface area (Å²) < 4.78 is 7.50. The first-order valence-corrected chi connectivity index (χ1v) is 16.9.